The van der Waals surface area contributed by atoms with E-state index in [2.05, 4.69) is 20.6 Å². The fraction of sp³-hybridized carbons (Fsp3) is 0.286. The van der Waals surface area contributed by atoms with Crippen molar-refractivity contribution in [1.82, 2.24) is 15.3 Å². The van der Waals surface area contributed by atoms with Gasteiger partial charge in [0.05, 0.1) is 36.6 Å². The summed E-state index contributed by atoms with van der Waals surface area (Å²) in [6.45, 7) is 0.571. The van der Waals surface area contributed by atoms with Gasteiger partial charge in [-0.25, -0.2) is 4.98 Å². The summed E-state index contributed by atoms with van der Waals surface area (Å²) in [5.74, 6) is 0.297. The van der Waals surface area contributed by atoms with Crippen LogP contribution in [-0.4, -0.2) is 34.1 Å². The average Bonchev–Trinajstić information content (AvgIpc) is 2.96. The van der Waals surface area contributed by atoms with Crippen LogP contribution in [-0.2, 0) is 17.8 Å². The lowest BCUT2D eigenvalue weighted by atomic mass is 10.0. The van der Waals surface area contributed by atoms with Gasteiger partial charge in [0.1, 0.15) is 11.5 Å². The summed E-state index contributed by atoms with van der Waals surface area (Å²) in [4.78, 5) is 19.5. The SMILES string of the molecule is COc1ccc(NC(=O)C2Cc3nc[nH]c3CN2)c(O)c1. The molecule has 0 aliphatic carbocycles. The van der Waals surface area contributed by atoms with Crippen molar-refractivity contribution in [2.45, 2.75) is 19.0 Å². The molecule has 1 amide bonds. The number of rotatable bonds is 3. The zero-order valence-corrected chi connectivity index (χ0v) is 11.5. The summed E-state index contributed by atoms with van der Waals surface area (Å²) in [6.07, 6.45) is 2.14. The van der Waals surface area contributed by atoms with Crippen molar-refractivity contribution in [3.8, 4) is 11.5 Å². The maximum absolute atomic E-state index is 12.3. The lowest BCUT2D eigenvalue weighted by Crippen LogP contribution is -2.44. The Morgan fingerprint density at radius 1 is 1.52 bits per heavy atom. The van der Waals surface area contributed by atoms with E-state index in [-0.39, 0.29) is 17.7 Å². The number of benzene rings is 1. The number of amides is 1. The van der Waals surface area contributed by atoms with Crippen LogP contribution < -0.4 is 15.4 Å². The second kappa shape index (κ2) is 5.45. The predicted molar refractivity (Wildman–Crippen MR) is 76.2 cm³/mol. The number of methoxy groups -OCH3 is 1. The molecule has 1 aromatic heterocycles. The van der Waals surface area contributed by atoms with E-state index in [4.69, 9.17) is 4.74 Å². The zero-order valence-electron chi connectivity index (χ0n) is 11.5. The Kier molecular flexibility index (Phi) is 3.49. The Balaban J connectivity index is 1.70. The molecule has 7 heteroatoms. The van der Waals surface area contributed by atoms with Gasteiger partial charge in [0, 0.05) is 19.0 Å². The summed E-state index contributed by atoms with van der Waals surface area (Å²) in [6, 6.07) is 4.36. The minimum atomic E-state index is -0.373. The number of fused-ring (bicyclic) bond motifs is 1. The second-order valence-electron chi connectivity index (χ2n) is 4.84. The monoisotopic (exact) mass is 288 g/mol. The molecule has 0 bridgehead atoms. The zero-order chi connectivity index (χ0) is 14.8. The summed E-state index contributed by atoms with van der Waals surface area (Å²) in [5, 5.41) is 15.7. The van der Waals surface area contributed by atoms with Crippen LogP contribution in [0.2, 0.25) is 0 Å². The van der Waals surface area contributed by atoms with E-state index in [0.29, 0.717) is 24.4 Å². The molecule has 0 radical (unpaired) electrons. The number of hydrogen-bond donors (Lipinski definition) is 4. The first-order chi connectivity index (χ1) is 10.2. The number of aromatic amines is 1. The van der Waals surface area contributed by atoms with Gasteiger partial charge < -0.3 is 20.1 Å². The molecule has 1 aliphatic rings. The lowest BCUT2D eigenvalue weighted by Gasteiger charge is -2.22. The van der Waals surface area contributed by atoms with Crippen molar-refractivity contribution in [3.63, 3.8) is 0 Å². The summed E-state index contributed by atoms with van der Waals surface area (Å²) in [5.41, 5.74) is 2.26. The van der Waals surface area contributed by atoms with Crippen LogP contribution in [0.1, 0.15) is 11.4 Å². The highest BCUT2D eigenvalue weighted by molar-refractivity contribution is 5.96. The predicted octanol–water partition coefficient (Wildman–Crippen LogP) is 0.777. The largest absolute Gasteiger partial charge is 0.506 e. The third kappa shape index (κ3) is 2.68. The fourth-order valence-corrected chi connectivity index (χ4v) is 2.32. The quantitative estimate of drug-likeness (QED) is 0.625. The number of phenols is 1. The van der Waals surface area contributed by atoms with Crippen molar-refractivity contribution in [2.75, 3.05) is 12.4 Å². The molecule has 110 valence electrons. The van der Waals surface area contributed by atoms with Crippen molar-refractivity contribution in [2.24, 2.45) is 0 Å². The van der Waals surface area contributed by atoms with E-state index in [1.807, 2.05) is 0 Å². The molecular weight excluding hydrogens is 272 g/mol. The molecule has 2 aromatic rings. The number of carbonyl (C=O) groups is 1. The second-order valence-corrected chi connectivity index (χ2v) is 4.84. The van der Waals surface area contributed by atoms with Crippen molar-refractivity contribution in [1.29, 1.82) is 0 Å². The number of carbonyl (C=O) groups excluding carboxylic acids is 1. The van der Waals surface area contributed by atoms with Crippen LogP contribution in [0, 0.1) is 0 Å². The molecule has 21 heavy (non-hydrogen) atoms. The van der Waals surface area contributed by atoms with Crippen molar-refractivity contribution < 1.29 is 14.6 Å². The van der Waals surface area contributed by atoms with E-state index in [0.717, 1.165) is 11.4 Å². The van der Waals surface area contributed by atoms with Gasteiger partial charge >= 0.3 is 0 Å². The highest BCUT2D eigenvalue weighted by Crippen LogP contribution is 2.28. The Labute approximate surface area is 121 Å². The van der Waals surface area contributed by atoms with Crippen LogP contribution in [0.15, 0.2) is 24.5 Å². The van der Waals surface area contributed by atoms with Crippen LogP contribution in [0.3, 0.4) is 0 Å². The highest BCUT2D eigenvalue weighted by atomic mass is 16.5. The third-order valence-corrected chi connectivity index (χ3v) is 3.51. The molecule has 1 aromatic carbocycles. The lowest BCUT2D eigenvalue weighted by molar-refractivity contribution is -0.118. The number of aromatic nitrogens is 2. The summed E-state index contributed by atoms with van der Waals surface area (Å²) < 4.78 is 5.00. The number of aromatic hydroxyl groups is 1. The van der Waals surface area contributed by atoms with Gasteiger partial charge in [-0.2, -0.15) is 0 Å². The molecular formula is C14H16N4O3. The normalized spacial score (nSPS) is 17.1. The number of nitrogens with zero attached hydrogens (tertiary/aromatic N) is 1. The van der Waals surface area contributed by atoms with Crippen LogP contribution in [0.5, 0.6) is 11.5 Å². The van der Waals surface area contributed by atoms with Gasteiger partial charge in [-0.15, -0.1) is 0 Å². The topological polar surface area (TPSA) is 99.3 Å². The van der Waals surface area contributed by atoms with Crippen molar-refractivity contribution >= 4 is 11.6 Å². The molecule has 0 saturated carbocycles. The number of ether oxygens (including phenoxy) is 1. The third-order valence-electron chi connectivity index (χ3n) is 3.51. The molecule has 4 N–H and O–H groups in total. The number of hydrogen-bond acceptors (Lipinski definition) is 5. The van der Waals surface area contributed by atoms with E-state index < -0.39 is 0 Å². The van der Waals surface area contributed by atoms with E-state index >= 15 is 0 Å². The number of nitrogens with one attached hydrogen (secondary N) is 3. The first-order valence-corrected chi connectivity index (χ1v) is 6.59. The molecule has 0 spiro atoms. The Morgan fingerprint density at radius 2 is 2.38 bits per heavy atom. The van der Waals surface area contributed by atoms with Gasteiger partial charge in [-0.05, 0) is 12.1 Å². The molecule has 3 rings (SSSR count). The number of imidazole rings is 1. The van der Waals surface area contributed by atoms with Gasteiger partial charge in [0.15, 0.2) is 0 Å². The first kappa shape index (κ1) is 13.4. The standard InChI is InChI=1S/C14H16N4O3/c1-21-8-2-3-9(13(19)4-8)18-14(20)11-5-10-12(6-15-11)17-7-16-10/h2-4,7,11,15,19H,5-6H2,1H3,(H,16,17)(H,18,20). The number of phenolic OH excluding ortho intramolecular Hbond substituents is 1. The average molecular weight is 288 g/mol. The molecule has 0 fully saturated rings. The Morgan fingerprint density at radius 3 is 3.14 bits per heavy atom. The van der Waals surface area contributed by atoms with Crippen LogP contribution in [0.25, 0.3) is 0 Å². The number of H-pyrrole nitrogens is 1. The van der Waals surface area contributed by atoms with Gasteiger partial charge in [0.2, 0.25) is 5.91 Å². The minimum Gasteiger partial charge on any atom is -0.506 e. The molecule has 7 nitrogen and oxygen atoms in total. The summed E-state index contributed by atoms with van der Waals surface area (Å²) in [7, 11) is 1.51. The first-order valence-electron chi connectivity index (χ1n) is 6.59. The van der Waals surface area contributed by atoms with Gasteiger partial charge in [-0.3, -0.25) is 10.1 Å². The molecule has 2 heterocycles. The molecule has 1 unspecified atom stereocenters. The van der Waals surface area contributed by atoms with Crippen LogP contribution >= 0.6 is 0 Å². The minimum absolute atomic E-state index is 0.0287. The Bertz CT molecular complexity index is 668. The van der Waals surface area contributed by atoms with E-state index in [9.17, 15) is 9.90 Å². The van der Waals surface area contributed by atoms with Gasteiger partial charge in [0.25, 0.3) is 0 Å². The smallest absolute Gasteiger partial charge is 0.242 e. The molecule has 1 aliphatic heterocycles. The van der Waals surface area contributed by atoms with Crippen LogP contribution in [0.4, 0.5) is 5.69 Å². The maximum atomic E-state index is 12.3. The van der Waals surface area contributed by atoms with E-state index in [1.165, 1.54) is 13.2 Å². The molecule has 0 saturated heterocycles. The maximum Gasteiger partial charge on any atom is 0.242 e. The van der Waals surface area contributed by atoms with E-state index in [1.54, 1.807) is 18.5 Å². The Hall–Kier alpha value is -2.54. The van der Waals surface area contributed by atoms with Gasteiger partial charge in [-0.1, -0.05) is 0 Å². The fourth-order valence-electron chi connectivity index (χ4n) is 2.32. The highest BCUT2D eigenvalue weighted by Gasteiger charge is 2.26. The molecule has 1 atom stereocenters. The number of anilines is 1. The summed E-state index contributed by atoms with van der Waals surface area (Å²) >= 11 is 0. The van der Waals surface area contributed by atoms with Crippen molar-refractivity contribution in [3.05, 3.63) is 35.9 Å².